The fourth-order valence-corrected chi connectivity index (χ4v) is 3.96. The number of fused-ring (bicyclic) bond motifs is 1. The highest BCUT2D eigenvalue weighted by molar-refractivity contribution is 6.22. The first-order chi connectivity index (χ1) is 15.8. The van der Waals surface area contributed by atoms with Crippen molar-refractivity contribution in [3.05, 3.63) is 95.3 Å². The number of rotatable bonds is 7. The highest BCUT2D eigenvalue weighted by Crippen LogP contribution is 2.27. The van der Waals surface area contributed by atoms with Crippen LogP contribution < -0.4 is 10.1 Å². The summed E-state index contributed by atoms with van der Waals surface area (Å²) in [4.78, 5) is 45.3. The number of benzene rings is 2. The predicted octanol–water partition coefficient (Wildman–Crippen LogP) is 3.35. The lowest BCUT2D eigenvalue weighted by Gasteiger charge is -2.31. The minimum absolute atomic E-state index is 0.166. The minimum atomic E-state index is -1.03. The summed E-state index contributed by atoms with van der Waals surface area (Å²) >= 11 is 0. The van der Waals surface area contributed by atoms with Gasteiger partial charge in [-0.3, -0.25) is 24.3 Å². The van der Waals surface area contributed by atoms with Gasteiger partial charge in [0.25, 0.3) is 11.8 Å². The fourth-order valence-electron chi connectivity index (χ4n) is 3.96. The lowest BCUT2D eigenvalue weighted by molar-refractivity contribution is -0.126. The van der Waals surface area contributed by atoms with Crippen molar-refractivity contribution in [1.29, 1.82) is 0 Å². The lowest BCUT2D eigenvalue weighted by Crippen LogP contribution is -2.54. The Hall–Kier alpha value is -4.00. The Balaban J connectivity index is 1.67. The normalized spacial score (nSPS) is 14.1. The summed E-state index contributed by atoms with van der Waals surface area (Å²) in [5.41, 5.74) is 1.26. The van der Waals surface area contributed by atoms with Crippen LogP contribution in [0.25, 0.3) is 0 Å². The summed E-state index contributed by atoms with van der Waals surface area (Å²) in [6, 6.07) is 18.3. The highest BCUT2D eigenvalue weighted by Gasteiger charge is 2.43. The molecule has 4 rings (SSSR count). The van der Waals surface area contributed by atoms with Crippen molar-refractivity contribution >= 4 is 17.7 Å². The molecule has 168 valence electrons. The van der Waals surface area contributed by atoms with E-state index in [9.17, 15) is 14.4 Å². The maximum Gasteiger partial charge on any atom is 0.262 e. The van der Waals surface area contributed by atoms with E-state index in [1.54, 1.807) is 55.8 Å². The van der Waals surface area contributed by atoms with Crippen LogP contribution in [-0.4, -0.2) is 40.8 Å². The van der Waals surface area contributed by atoms with Crippen LogP contribution in [0, 0.1) is 0 Å². The van der Waals surface area contributed by atoms with Crippen LogP contribution in [0.15, 0.2) is 72.9 Å². The Morgan fingerprint density at radius 1 is 0.970 bits per heavy atom. The van der Waals surface area contributed by atoms with E-state index >= 15 is 0 Å². The maximum absolute atomic E-state index is 13.6. The van der Waals surface area contributed by atoms with E-state index in [0.29, 0.717) is 22.6 Å². The molecule has 0 saturated carbocycles. The molecule has 1 aliphatic rings. The molecule has 1 aliphatic heterocycles. The predicted molar refractivity (Wildman–Crippen MR) is 123 cm³/mol. The standard InChI is InChI=1S/C26H25N3O4/c1-26(2,22-10-6-7-15-27-22)28-23(30)21(16-17-11-13-18(33-3)14-12-17)29-24(31)19-8-4-5-9-20(19)25(29)32/h4-15,21H,16H2,1-3H3,(H,28,30)/t21-/m0/s1. The van der Waals surface area contributed by atoms with Gasteiger partial charge >= 0.3 is 0 Å². The Bertz CT molecular complexity index is 1150. The van der Waals surface area contributed by atoms with Crippen molar-refractivity contribution in [2.75, 3.05) is 7.11 Å². The number of carbonyl (C=O) groups excluding carboxylic acids is 3. The molecule has 1 N–H and O–H groups in total. The number of amides is 3. The molecule has 7 heteroatoms. The van der Waals surface area contributed by atoms with E-state index in [-0.39, 0.29) is 6.42 Å². The first-order valence-electron chi connectivity index (χ1n) is 10.6. The second-order valence-electron chi connectivity index (χ2n) is 8.42. The molecule has 2 aromatic carbocycles. The first kappa shape index (κ1) is 22.2. The van der Waals surface area contributed by atoms with Crippen molar-refractivity contribution in [3.63, 3.8) is 0 Å². The zero-order chi connectivity index (χ0) is 23.6. The quantitative estimate of drug-likeness (QED) is 0.566. The van der Waals surface area contributed by atoms with Gasteiger partial charge in [-0.2, -0.15) is 0 Å². The second-order valence-corrected chi connectivity index (χ2v) is 8.42. The SMILES string of the molecule is COc1ccc(C[C@@H](C(=O)NC(C)(C)c2ccccn2)N2C(=O)c3ccccc3C2=O)cc1. The fraction of sp³-hybridized carbons (Fsp3) is 0.231. The van der Waals surface area contributed by atoms with Gasteiger partial charge in [-0.15, -0.1) is 0 Å². The molecule has 0 saturated heterocycles. The molecule has 0 unspecified atom stereocenters. The molecule has 0 radical (unpaired) electrons. The van der Waals surface area contributed by atoms with Crippen LogP contribution in [0.2, 0.25) is 0 Å². The first-order valence-corrected chi connectivity index (χ1v) is 10.6. The number of nitrogens with zero attached hydrogens (tertiary/aromatic N) is 2. The number of imide groups is 1. The van der Waals surface area contributed by atoms with Gasteiger partial charge < -0.3 is 10.1 Å². The number of methoxy groups -OCH3 is 1. The number of nitrogens with one attached hydrogen (secondary N) is 1. The Labute approximate surface area is 192 Å². The number of carbonyl (C=O) groups is 3. The van der Waals surface area contributed by atoms with Crippen LogP contribution in [0.3, 0.4) is 0 Å². The molecule has 1 atom stereocenters. The molecule has 2 heterocycles. The average Bonchev–Trinajstić information content (AvgIpc) is 3.08. The number of ether oxygens (including phenoxy) is 1. The van der Waals surface area contributed by atoms with Gasteiger partial charge in [-0.1, -0.05) is 30.3 Å². The Morgan fingerprint density at radius 3 is 2.12 bits per heavy atom. The van der Waals surface area contributed by atoms with Gasteiger partial charge in [0, 0.05) is 12.6 Å². The topological polar surface area (TPSA) is 88.6 Å². The van der Waals surface area contributed by atoms with E-state index in [2.05, 4.69) is 10.3 Å². The van der Waals surface area contributed by atoms with Gasteiger partial charge in [0.05, 0.1) is 29.5 Å². The van der Waals surface area contributed by atoms with E-state index in [1.807, 2.05) is 38.1 Å². The molecule has 7 nitrogen and oxygen atoms in total. The number of hydrogen-bond acceptors (Lipinski definition) is 5. The van der Waals surface area contributed by atoms with Crippen molar-refractivity contribution in [2.45, 2.75) is 31.8 Å². The largest absolute Gasteiger partial charge is 0.497 e. The highest BCUT2D eigenvalue weighted by atomic mass is 16.5. The summed E-state index contributed by atoms with van der Waals surface area (Å²) in [5.74, 6) is -0.701. The van der Waals surface area contributed by atoms with Crippen molar-refractivity contribution in [1.82, 2.24) is 15.2 Å². The molecule has 3 aromatic rings. The monoisotopic (exact) mass is 443 g/mol. The second kappa shape index (κ2) is 8.86. The Morgan fingerprint density at radius 2 is 1.58 bits per heavy atom. The number of hydrogen-bond donors (Lipinski definition) is 1. The summed E-state index contributed by atoms with van der Waals surface area (Å²) in [7, 11) is 1.57. The Kier molecular flexibility index (Phi) is 5.96. The third-order valence-electron chi connectivity index (χ3n) is 5.77. The molecule has 0 spiro atoms. The van der Waals surface area contributed by atoms with E-state index in [4.69, 9.17) is 4.74 Å². The molecular formula is C26H25N3O4. The van der Waals surface area contributed by atoms with Crippen molar-refractivity contribution in [2.24, 2.45) is 0 Å². The molecular weight excluding hydrogens is 418 g/mol. The minimum Gasteiger partial charge on any atom is -0.497 e. The summed E-state index contributed by atoms with van der Waals surface area (Å²) in [6.07, 6.45) is 1.82. The van der Waals surface area contributed by atoms with E-state index < -0.39 is 29.3 Å². The van der Waals surface area contributed by atoms with Crippen molar-refractivity contribution < 1.29 is 19.1 Å². The van der Waals surface area contributed by atoms with Gasteiger partial charge in [0.2, 0.25) is 5.91 Å². The maximum atomic E-state index is 13.6. The summed E-state index contributed by atoms with van der Waals surface area (Å²) in [5, 5.41) is 2.99. The zero-order valence-electron chi connectivity index (χ0n) is 18.7. The molecule has 1 aromatic heterocycles. The molecule has 0 fully saturated rings. The van der Waals surface area contributed by atoms with Gasteiger partial charge in [-0.25, -0.2) is 0 Å². The van der Waals surface area contributed by atoms with Crippen LogP contribution in [-0.2, 0) is 16.8 Å². The molecule has 0 aliphatic carbocycles. The van der Waals surface area contributed by atoms with Gasteiger partial charge in [0.1, 0.15) is 11.8 Å². The molecule has 0 bridgehead atoms. The third kappa shape index (κ3) is 4.35. The summed E-state index contributed by atoms with van der Waals surface area (Å²) < 4.78 is 5.21. The van der Waals surface area contributed by atoms with Gasteiger partial charge in [0.15, 0.2) is 0 Å². The smallest absolute Gasteiger partial charge is 0.262 e. The van der Waals surface area contributed by atoms with Crippen LogP contribution in [0.1, 0.15) is 45.8 Å². The zero-order valence-corrected chi connectivity index (χ0v) is 18.7. The van der Waals surface area contributed by atoms with Crippen LogP contribution in [0.5, 0.6) is 5.75 Å². The average molecular weight is 444 g/mol. The molecule has 33 heavy (non-hydrogen) atoms. The summed E-state index contributed by atoms with van der Waals surface area (Å²) in [6.45, 7) is 3.67. The van der Waals surface area contributed by atoms with Crippen LogP contribution in [0.4, 0.5) is 0 Å². The molecule has 3 amide bonds. The van der Waals surface area contributed by atoms with Crippen molar-refractivity contribution in [3.8, 4) is 5.75 Å². The number of pyridine rings is 1. The van der Waals surface area contributed by atoms with Gasteiger partial charge in [-0.05, 0) is 55.8 Å². The lowest BCUT2D eigenvalue weighted by atomic mass is 9.97. The van der Waals surface area contributed by atoms with E-state index in [0.717, 1.165) is 10.5 Å². The van der Waals surface area contributed by atoms with E-state index in [1.165, 1.54) is 0 Å². The number of aromatic nitrogens is 1. The third-order valence-corrected chi connectivity index (χ3v) is 5.77. The van der Waals surface area contributed by atoms with Crippen LogP contribution >= 0.6 is 0 Å².